The van der Waals surface area contributed by atoms with Gasteiger partial charge in [0.05, 0.1) is 12.7 Å². The number of fused-ring (bicyclic) bond motifs is 3. The molecular weight excluding hydrogens is 520 g/mol. The van der Waals surface area contributed by atoms with Crippen molar-refractivity contribution in [2.45, 2.75) is 63.8 Å². The molecule has 3 N–H and O–H groups in total. The molecule has 1 fully saturated rings. The molecule has 3 aromatic rings. The summed E-state index contributed by atoms with van der Waals surface area (Å²) in [4.78, 5) is 37.4. The number of hydrogen-bond donors (Lipinski definition) is 3. The summed E-state index contributed by atoms with van der Waals surface area (Å²) >= 11 is 0. The van der Waals surface area contributed by atoms with Gasteiger partial charge in [-0.2, -0.15) is 0 Å². The van der Waals surface area contributed by atoms with Gasteiger partial charge in [-0.15, -0.1) is 0 Å². The van der Waals surface area contributed by atoms with Gasteiger partial charge in [0.2, 0.25) is 5.91 Å². The molecule has 41 heavy (non-hydrogen) atoms. The molecule has 3 aromatic carbocycles. The number of benzene rings is 3. The minimum Gasteiger partial charge on any atom is -0.481 e. The van der Waals surface area contributed by atoms with E-state index in [1.54, 1.807) is 0 Å². The molecule has 3 unspecified atom stereocenters. The molecule has 0 radical (unpaired) electrons. The van der Waals surface area contributed by atoms with Gasteiger partial charge in [0, 0.05) is 23.8 Å². The number of nitrogens with one attached hydrogen (secondary N) is 2. The predicted octanol–water partition coefficient (Wildman–Crippen LogP) is 5.26. The van der Waals surface area contributed by atoms with Crippen LogP contribution in [0.4, 0.5) is 4.79 Å². The number of carbonyl (C=O) groups excluding carboxylic acids is 2. The van der Waals surface area contributed by atoms with Crippen LogP contribution in [0.25, 0.3) is 11.1 Å². The second kappa shape index (κ2) is 12.1. The third-order valence-electron chi connectivity index (χ3n) is 8.39. The monoisotopic (exact) mass is 556 g/mol. The zero-order valence-electron chi connectivity index (χ0n) is 23.3. The smallest absolute Gasteiger partial charge is 0.407 e. The van der Waals surface area contributed by atoms with Crippen LogP contribution < -0.4 is 10.6 Å². The molecule has 0 saturated heterocycles. The molecule has 0 bridgehead atoms. The molecule has 2 aliphatic rings. The van der Waals surface area contributed by atoms with Crippen molar-refractivity contribution in [3.63, 3.8) is 0 Å². The van der Waals surface area contributed by atoms with E-state index >= 15 is 0 Å². The highest BCUT2D eigenvalue weighted by molar-refractivity contribution is 5.86. The number of ether oxygens (including phenoxy) is 2. The predicted molar refractivity (Wildman–Crippen MR) is 154 cm³/mol. The Hall–Kier alpha value is -4.17. The van der Waals surface area contributed by atoms with Crippen LogP contribution in [0.5, 0.6) is 0 Å². The van der Waals surface area contributed by atoms with E-state index in [2.05, 4.69) is 22.8 Å². The number of amides is 2. The summed E-state index contributed by atoms with van der Waals surface area (Å²) in [6.07, 6.45) is -0.484. The van der Waals surface area contributed by atoms with E-state index in [0.717, 1.165) is 27.8 Å². The van der Waals surface area contributed by atoms with Gasteiger partial charge in [0.25, 0.3) is 0 Å². The van der Waals surface area contributed by atoms with E-state index in [9.17, 15) is 19.5 Å². The maximum Gasteiger partial charge on any atom is 0.407 e. The normalized spacial score (nSPS) is 19.3. The molecule has 2 aliphatic carbocycles. The zero-order valence-corrected chi connectivity index (χ0v) is 23.3. The molecule has 1 saturated carbocycles. The van der Waals surface area contributed by atoms with Crippen molar-refractivity contribution in [2.75, 3.05) is 6.61 Å². The highest BCUT2D eigenvalue weighted by Gasteiger charge is 2.50. The van der Waals surface area contributed by atoms with E-state index in [1.807, 2.05) is 80.6 Å². The summed E-state index contributed by atoms with van der Waals surface area (Å²) < 4.78 is 11.7. The largest absolute Gasteiger partial charge is 0.481 e. The first-order valence-corrected chi connectivity index (χ1v) is 14.0. The van der Waals surface area contributed by atoms with Crippen molar-refractivity contribution in [3.8, 4) is 11.1 Å². The molecule has 214 valence electrons. The van der Waals surface area contributed by atoms with Gasteiger partial charge in [-0.25, -0.2) is 4.79 Å². The van der Waals surface area contributed by atoms with Crippen LogP contribution in [0.3, 0.4) is 0 Å². The highest BCUT2D eigenvalue weighted by atomic mass is 16.5. The van der Waals surface area contributed by atoms with Crippen LogP contribution in [-0.4, -0.2) is 47.9 Å². The Kier molecular flexibility index (Phi) is 8.40. The van der Waals surface area contributed by atoms with Crippen molar-refractivity contribution >= 4 is 18.0 Å². The lowest BCUT2D eigenvalue weighted by atomic mass is 9.64. The van der Waals surface area contributed by atoms with Crippen LogP contribution in [-0.2, 0) is 25.7 Å². The Morgan fingerprint density at radius 2 is 1.54 bits per heavy atom. The molecular formula is C33H36N2O6. The molecule has 0 aliphatic heterocycles. The Morgan fingerprint density at radius 1 is 0.927 bits per heavy atom. The second-order valence-corrected chi connectivity index (χ2v) is 11.4. The van der Waals surface area contributed by atoms with E-state index in [0.29, 0.717) is 13.0 Å². The van der Waals surface area contributed by atoms with Crippen molar-refractivity contribution in [1.29, 1.82) is 0 Å². The average molecular weight is 557 g/mol. The molecule has 5 rings (SSSR count). The summed E-state index contributed by atoms with van der Waals surface area (Å²) in [5, 5.41) is 14.8. The summed E-state index contributed by atoms with van der Waals surface area (Å²) in [5.41, 5.74) is 5.15. The van der Waals surface area contributed by atoms with Crippen molar-refractivity contribution in [1.82, 2.24) is 10.6 Å². The Balaban J connectivity index is 1.17. The van der Waals surface area contributed by atoms with Crippen LogP contribution in [0, 0.1) is 5.41 Å². The maximum absolute atomic E-state index is 13.2. The Labute approximate surface area is 240 Å². The number of carbonyl (C=O) groups is 3. The van der Waals surface area contributed by atoms with Gasteiger partial charge < -0.3 is 25.2 Å². The first-order chi connectivity index (χ1) is 19.7. The lowest BCUT2D eigenvalue weighted by Crippen LogP contribution is -2.64. The molecule has 8 heteroatoms. The quantitative estimate of drug-likeness (QED) is 0.297. The molecule has 2 amide bonds. The van der Waals surface area contributed by atoms with E-state index in [4.69, 9.17) is 9.47 Å². The highest BCUT2D eigenvalue weighted by Crippen LogP contribution is 2.45. The minimum absolute atomic E-state index is 0.0411. The zero-order chi connectivity index (χ0) is 29.0. The first-order valence-electron chi connectivity index (χ1n) is 14.0. The van der Waals surface area contributed by atoms with Gasteiger partial charge in [-0.05, 0) is 40.7 Å². The van der Waals surface area contributed by atoms with Gasteiger partial charge in [0.15, 0.2) is 0 Å². The lowest BCUT2D eigenvalue weighted by Gasteiger charge is -2.52. The number of carboxylic acids is 1. The maximum atomic E-state index is 13.2. The lowest BCUT2D eigenvalue weighted by molar-refractivity contribution is -0.142. The first kappa shape index (κ1) is 28.4. The van der Waals surface area contributed by atoms with Gasteiger partial charge in [-0.3, -0.25) is 9.59 Å². The summed E-state index contributed by atoms with van der Waals surface area (Å²) in [5.74, 6) is -1.60. The summed E-state index contributed by atoms with van der Waals surface area (Å²) in [7, 11) is 0. The Morgan fingerprint density at radius 3 is 2.15 bits per heavy atom. The summed E-state index contributed by atoms with van der Waals surface area (Å²) in [6.45, 7) is 4.65. The molecule has 0 heterocycles. The van der Waals surface area contributed by atoms with E-state index in [1.165, 1.54) is 0 Å². The topological polar surface area (TPSA) is 114 Å². The van der Waals surface area contributed by atoms with Gasteiger partial charge in [0.1, 0.15) is 12.6 Å². The molecule has 0 aromatic heterocycles. The number of hydrogen-bond acceptors (Lipinski definition) is 5. The molecule has 0 spiro atoms. The van der Waals surface area contributed by atoms with E-state index < -0.39 is 24.0 Å². The SMILES string of the molecule is CC1(C)C(NC(=O)C(CCC(=O)O)NC(=O)OCC2c3ccccc3-c3ccccc32)CC1OCc1ccccc1. The third kappa shape index (κ3) is 6.28. The Bertz CT molecular complexity index is 1360. The fourth-order valence-electron chi connectivity index (χ4n) is 5.78. The van der Waals surface area contributed by atoms with Crippen LogP contribution in [0.2, 0.25) is 0 Å². The standard InChI is InChI=1S/C33H36N2O6/c1-33(2)28(18-29(33)40-19-21-10-4-3-5-11-21)35-31(38)27(16-17-30(36)37)34-32(39)41-20-26-24-14-8-6-12-22(24)23-13-7-9-15-25(23)26/h3-15,26-29H,16-20H2,1-2H3,(H,34,39)(H,35,38)(H,36,37). The van der Waals surface area contributed by atoms with Crippen molar-refractivity contribution < 1.29 is 29.0 Å². The number of aliphatic carboxylic acids is 1. The summed E-state index contributed by atoms with van der Waals surface area (Å²) in [6, 6.07) is 24.8. The molecule has 3 atom stereocenters. The fraction of sp³-hybridized carbons (Fsp3) is 0.364. The molecule has 8 nitrogen and oxygen atoms in total. The van der Waals surface area contributed by atoms with Crippen molar-refractivity contribution in [3.05, 3.63) is 95.6 Å². The average Bonchev–Trinajstić information content (AvgIpc) is 3.29. The van der Waals surface area contributed by atoms with Crippen LogP contribution in [0.1, 0.15) is 55.7 Å². The van der Waals surface area contributed by atoms with Gasteiger partial charge >= 0.3 is 12.1 Å². The number of alkyl carbamates (subject to hydrolysis) is 1. The van der Waals surface area contributed by atoms with Gasteiger partial charge in [-0.1, -0.05) is 92.7 Å². The second-order valence-electron chi connectivity index (χ2n) is 11.4. The van der Waals surface area contributed by atoms with Crippen molar-refractivity contribution in [2.24, 2.45) is 5.41 Å². The van der Waals surface area contributed by atoms with Crippen LogP contribution >= 0.6 is 0 Å². The fourth-order valence-corrected chi connectivity index (χ4v) is 5.78. The third-order valence-corrected chi connectivity index (χ3v) is 8.39. The minimum atomic E-state index is -1.05. The van der Waals surface area contributed by atoms with E-state index in [-0.39, 0.29) is 42.9 Å². The van der Waals surface area contributed by atoms with Crippen LogP contribution in [0.15, 0.2) is 78.9 Å². The number of rotatable bonds is 11. The number of carboxylic acid groups (broad SMARTS) is 1.